The number of fused-ring (bicyclic) bond motifs is 1. The largest absolute Gasteiger partial charge is 0.324 e. The van der Waals surface area contributed by atoms with Crippen molar-refractivity contribution in [3.63, 3.8) is 0 Å². The number of rotatable bonds is 4. The molecule has 6 heteroatoms. The Bertz CT molecular complexity index is 769. The molecule has 2 heterocycles. The molecule has 24 heavy (non-hydrogen) atoms. The van der Waals surface area contributed by atoms with Crippen molar-refractivity contribution in [1.29, 1.82) is 0 Å². The summed E-state index contributed by atoms with van der Waals surface area (Å²) in [6.45, 7) is 7.26. The maximum absolute atomic E-state index is 14.6. The number of halogens is 1. The summed E-state index contributed by atoms with van der Waals surface area (Å²) in [6, 6.07) is 5.42. The van der Waals surface area contributed by atoms with E-state index in [9.17, 15) is 9.18 Å². The number of aryl methyl sites for hydroxylation is 2. The Morgan fingerprint density at radius 2 is 2.25 bits per heavy atom. The average molecular weight is 330 g/mol. The van der Waals surface area contributed by atoms with Crippen LogP contribution in [0, 0.1) is 19.7 Å². The fraction of sp³-hybridized carbons (Fsp3) is 0.444. The lowest BCUT2D eigenvalue weighted by Gasteiger charge is -2.20. The molecule has 0 saturated heterocycles. The highest BCUT2D eigenvalue weighted by Gasteiger charge is 2.19. The molecule has 2 aromatic rings. The molecule has 128 valence electrons. The molecule has 1 amide bonds. The third kappa shape index (κ3) is 3.33. The van der Waals surface area contributed by atoms with Gasteiger partial charge in [0, 0.05) is 18.7 Å². The van der Waals surface area contributed by atoms with Gasteiger partial charge in [-0.05, 0) is 57.0 Å². The highest BCUT2D eigenvalue weighted by Crippen LogP contribution is 2.25. The number of aromatic nitrogens is 2. The first-order valence-electron chi connectivity index (χ1n) is 8.29. The van der Waals surface area contributed by atoms with Gasteiger partial charge in [0.2, 0.25) is 5.91 Å². The summed E-state index contributed by atoms with van der Waals surface area (Å²) in [5.41, 5.74) is 3.88. The molecule has 1 aliphatic heterocycles. The van der Waals surface area contributed by atoms with Crippen LogP contribution in [0.4, 0.5) is 10.1 Å². The van der Waals surface area contributed by atoms with Gasteiger partial charge in [-0.1, -0.05) is 6.07 Å². The maximum atomic E-state index is 14.6. The van der Waals surface area contributed by atoms with Crippen LogP contribution in [0.3, 0.4) is 0 Å². The highest BCUT2D eigenvalue weighted by atomic mass is 19.1. The van der Waals surface area contributed by atoms with E-state index < -0.39 is 0 Å². The van der Waals surface area contributed by atoms with Crippen LogP contribution in [0.5, 0.6) is 0 Å². The van der Waals surface area contributed by atoms with Gasteiger partial charge in [-0.3, -0.25) is 9.48 Å². The highest BCUT2D eigenvalue weighted by molar-refractivity contribution is 5.91. The van der Waals surface area contributed by atoms with Crippen LogP contribution in [0.25, 0.3) is 0 Å². The molecule has 0 spiro atoms. The SMILES string of the molecule is Cc1cc(C)n(C(C)CC(=O)Nc2ccc3c(c2F)CCNC3)n1. The summed E-state index contributed by atoms with van der Waals surface area (Å²) in [7, 11) is 0. The van der Waals surface area contributed by atoms with Crippen LogP contribution in [0.2, 0.25) is 0 Å². The monoisotopic (exact) mass is 330 g/mol. The third-order valence-corrected chi connectivity index (χ3v) is 4.42. The van der Waals surface area contributed by atoms with Crippen molar-refractivity contribution in [2.45, 2.75) is 46.2 Å². The van der Waals surface area contributed by atoms with Crippen LogP contribution in [-0.2, 0) is 17.8 Å². The Kier molecular flexibility index (Phi) is 4.66. The lowest BCUT2D eigenvalue weighted by atomic mass is 9.99. The van der Waals surface area contributed by atoms with Crippen molar-refractivity contribution in [2.24, 2.45) is 0 Å². The zero-order valence-corrected chi connectivity index (χ0v) is 14.3. The Morgan fingerprint density at radius 3 is 2.96 bits per heavy atom. The van der Waals surface area contributed by atoms with E-state index in [-0.39, 0.29) is 29.9 Å². The second kappa shape index (κ2) is 6.73. The van der Waals surface area contributed by atoms with Crippen LogP contribution in [-0.4, -0.2) is 22.2 Å². The Balaban J connectivity index is 1.70. The smallest absolute Gasteiger partial charge is 0.226 e. The second-order valence-corrected chi connectivity index (χ2v) is 6.46. The zero-order chi connectivity index (χ0) is 17.3. The van der Waals surface area contributed by atoms with E-state index in [0.29, 0.717) is 18.5 Å². The van der Waals surface area contributed by atoms with E-state index in [1.165, 1.54) is 0 Å². The minimum atomic E-state index is -0.305. The van der Waals surface area contributed by atoms with Gasteiger partial charge in [-0.25, -0.2) is 4.39 Å². The number of carbonyl (C=O) groups excluding carboxylic acids is 1. The molecule has 5 nitrogen and oxygen atoms in total. The van der Waals surface area contributed by atoms with Crippen molar-refractivity contribution in [2.75, 3.05) is 11.9 Å². The first kappa shape index (κ1) is 16.6. The molecule has 1 atom stereocenters. The Morgan fingerprint density at radius 1 is 1.46 bits per heavy atom. The van der Waals surface area contributed by atoms with Crippen molar-refractivity contribution < 1.29 is 9.18 Å². The van der Waals surface area contributed by atoms with E-state index in [0.717, 1.165) is 23.5 Å². The first-order valence-corrected chi connectivity index (χ1v) is 8.29. The van der Waals surface area contributed by atoms with Crippen molar-refractivity contribution in [1.82, 2.24) is 15.1 Å². The number of carbonyl (C=O) groups is 1. The molecular weight excluding hydrogens is 307 g/mol. The topological polar surface area (TPSA) is 59.0 Å². The number of amides is 1. The van der Waals surface area contributed by atoms with Gasteiger partial charge in [0.25, 0.3) is 0 Å². The normalized spacial score (nSPS) is 15.0. The molecule has 0 saturated carbocycles. The molecule has 0 bridgehead atoms. The van der Waals surface area contributed by atoms with Crippen LogP contribution in [0.15, 0.2) is 18.2 Å². The number of hydrogen-bond acceptors (Lipinski definition) is 3. The van der Waals surface area contributed by atoms with Crippen LogP contribution < -0.4 is 10.6 Å². The lowest BCUT2D eigenvalue weighted by Crippen LogP contribution is -2.25. The molecule has 0 aliphatic carbocycles. The quantitative estimate of drug-likeness (QED) is 0.906. The zero-order valence-electron chi connectivity index (χ0n) is 14.3. The Labute approximate surface area is 141 Å². The molecule has 1 aromatic heterocycles. The van der Waals surface area contributed by atoms with Crippen molar-refractivity contribution >= 4 is 11.6 Å². The average Bonchev–Trinajstić information content (AvgIpc) is 2.89. The summed E-state index contributed by atoms with van der Waals surface area (Å²) in [6.07, 6.45) is 0.896. The maximum Gasteiger partial charge on any atom is 0.226 e. The van der Waals surface area contributed by atoms with Gasteiger partial charge < -0.3 is 10.6 Å². The summed E-state index contributed by atoms with van der Waals surface area (Å²) in [4.78, 5) is 12.3. The minimum absolute atomic E-state index is 0.0800. The predicted octanol–water partition coefficient (Wildman–Crippen LogP) is 2.87. The predicted molar refractivity (Wildman–Crippen MR) is 91.5 cm³/mol. The van der Waals surface area contributed by atoms with Gasteiger partial charge in [0.1, 0.15) is 5.82 Å². The van der Waals surface area contributed by atoms with E-state index in [2.05, 4.69) is 15.7 Å². The van der Waals surface area contributed by atoms with Crippen molar-refractivity contribution in [3.8, 4) is 0 Å². The third-order valence-electron chi connectivity index (χ3n) is 4.42. The van der Waals surface area contributed by atoms with Gasteiger partial charge in [0.05, 0.1) is 17.4 Å². The standard InChI is InChI=1S/C18H23FN4O/c1-11-8-12(2)23(22-11)13(3)9-17(24)21-16-5-4-14-10-20-7-6-15(14)18(16)19/h4-5,8,13,20H,6-7,9-10H2,1-3H3,(H,21,24). The van der Waals surface area contributed by atoms with Gasteiger partial charge in [0.15, 0.2) is 0 Å². The summed E-state index contributed by atoms with van der Waals surface area (Å²) in [5.74, 6) is -0.510. The Hall–Kier alpha value is -2.21. The molecular formula is C18H23FN4O. The van der Waals surface area contributed by atoms with Gasteiger partial charge in [-0.2, -0.15) is 5.10 Å². The summed E-state index contributed by atoms with van der Waals surface area (Å²) >= 11 is 0. The van der Waals surface area contributed by atoms with E-state index in [4.69, 9.17) is 0 Å². The van der Waals surface area contributed by atoms with Crippen LogP contribution >= 0.6 is 0 Å². The molecule has 1 unspecified atom stereocenters. The molecule has 1 aliphatic rings. The molecule has 3 rings (SSSR count). The van der Waals surface area contributed by atoms with E-state index >= 15 is 0 Å². The second-order valence-electron chi connectivity index (χ2n) is 6.46. The number of anilines is 1. The van der Waals surface area contributed by atoms with E-state index in [1.807, 2.05) is 37.6 Å². The number of hydrogen-bond donors (Lipinski definition) is 2. The number of benzene rings is 1. The van der Waals surface area contributed by atoms with Gasteiger partial charge >= 0.3 is 0 Å². The molecule has 0 fully saturated rings. The molecule has 0 radical (unpaired) electrons. The van der Waals surface area contributed by atoms with Crippen molar-refractivity contribution in [3.05, 3.63) is 46.5 Å². The van der Waals surface area contributed by atoms with E-state index in [1.54, 1.807) is 6.07 Å². The van der Waals surface area contributed by atoms with Gasteiger partial charge in [-0.15, -0.1) is 0 Å². The number of nitrogens with zero attached hydrogens (tertiary/aromatic N) is 2. The minimum Gasteiger partial charge on any atom is -0.324 e. The summed E-state index contributed by atoms with van der Waals surface area (Å²) in [5, 5.41) is 10.3. The number of nitrogens with one attached hydrogen (secondary N) is 2. The molecule has 1 aromatic carbocycles. The lowest BCUT2D eigenvalue weighted by molar-refractivity contribution is -0.116. The first-order chi connectivity index (χ1) is 11.5. The fourth-order valence-corrected chi connectivity index (χ4v) is 3.28. The molecule has 2 N–H and O–H groups in total. The van der Waals surface area contributed by atoms with Crippen LogP contribution in [0.1, 0.15) is 41.9 Å². The summed E-state index contributed by atoms with van der Waals surface area (Å²) < 4.78 is 16.4. The fourth-order valence-electron chi connectivity index (χ4n) is 3.28.